The number of hydrogen-bond donors (Lipinski definition) is 4. The zero-order valence-electron chi connectivity index (χ0n) is 29.1. The molecule has 10 heteroatoms. The summed E-state index contributed by atoms with van der Waals surface area (Å²) in [6, 6.07) is 27.5. The van der Waals surface area contributed by atoms with Gasteiger partial charge in [-0.3, -0.25) is 0 Å². The van der Waals surface area contributed by atoms with Gasteiger partial charge >= 0.3 is 5.97 Å². The molecule has 6 rings (SSSR count). The van der Waals surface area contributed by atoms with Crippen LogP contribution in [-0.2, 0) is 17.1 Å². The minimum absolute atomic E-state index is 0. The number of anilines is 1. The van der Waals surface area contributed by atoms with E-state index >= 15 is 0 Å². The van der Waals surface area contributed by atoms with Crippen LogP contribution in [-0.4, -0.2) is 21.3 Å². The standard InChI is InChI=1S/C20H21N3O.C18H14N2O3.C2H6.Cu/c1-11-5-6-16(13(3)7-11)22-23-20-18-15(10-14(4)19(20)21)8-12(2)9-17(18)24;1-11-6-8-15(14(10-11)18(22)23)19-20-16-9-7-12-4-2-3-5-13(12)17(16)21;1-2;/h5-10,24H,21H2,1-4H3;2-10,21H,1H3,(H,22,23);1-2H3;. The maximum atomic E-state index is 11.3. The number of azo groups is 2. The smallest absolute Gasteiger partial charge is 0.337 e. The molecule has 0 saturated carbocycles. The molecule has 50 heavy (non-hydrogen) atoms. The van der Waals surface area contributed by atoms with Crippen molar-refractivity contribution in [1.29, 1.82) is 0 Å². The molecule has 1 radical (unpaired) electrons. The molecule has 0 amide bonds. The van der Waals surface area contributed by atoms with Crippen molar-refractivity contribution in [2.45, 2.75) is 48.5 Å². The van der Waals surface area contributed by atoms with Crippen molar-refractivity contribution in [2.75, 3.05) is 5.73 Å². The minimum atomic E-state index is -1.06. The first-order chi connectivity index (χ1) is 23.4. The number of fused-ring (bicyclic) bond motifs is 2. The fraction of sp³-hybridized carbons (Fsp3) is 0.175. The van der Waals surface area contributed by atoms with Crippen LogP contribution in [0.4, 0.5) is 28.4 Å². The molecule has 6 aromatic carbocycles. The Morgan fingerprint density at radius 3 is 1.90 bits per heavy atom. The molecular formula is C40H41CuN5O4. The predicted octanol–water partition coefficient (Wildman–Crippen LogP) is 11.8. The first kappa shape index (κ1) is 38.9. The van der Waals surface area contributed by atoms with E-state index in [9.17, 15) is 20.1 Å². The van der Waals surface area contributed by atoms with Gasteiger partial charge < -0.3 is 21.1 Å². The van der Waals surface area contributed by atoms with E-state index in [0.717, 1.165) is 38.7 Å². The van der Waals surface area contributed by atoms with Crippen molar-refractivity contribution in [3.05, 3.63) is 124 Å². The van der Waals surface area contributed by atoms with Gasteiger partial charge in [0.15, 0.2) is 5.75 Å². The molecule has 0 aromatic heterocycles. The van der Waals surface area contributed by atoms with Gasteiger partial charge in [0.25, 0.3) is 0 Å². The first-order valence-electron chi connectivity index (χ1n) is 15.9. The summed E-state index contributed by atoms with van der Waals surface area (Å²) >= 11 is 0. The van der Waals surface area contributed by atoms with E-state index < -0.39 is 5.97 Å². The molecule has 0 spiro atoms. The number of nitrogens with zero attached hydrogens (tertiary/aromatic N) is 4. The Balaban J connectivity index is 0.000000253. The first-order valence-corrected chi connectivity index (χ1v) is 15.9. The summed E-state index contributed by atoms with van der Waals surface area (Å²) in [7, 11) is 0. The summed E-state index contributed by atoms with van der Waals surface area (Å²) in [4.78, 5) is 11.3. The van der Waals surface area contributed by atoms with Gasteiger partial charge in [0.2, 0.25) is 0 Å². The Kier molecular flexibility index (Phi) is 13.4. The summed E-state index contributed by atoms with van der Waals surface area (Å²) in [5.74, 6) is -0.868. The van der Waals surface area contributed by atoms with Gasteiger partial charge in [-0.2, -0.15) is 5.11 Å². The van der Waals surface area contributed by atoms with Crippen LogP contribution in [0.3, 0.4) is 0 Å². The summed E-state index contributed by atoms with van der Waals surface area (Å²) in [6.45, 7) is 13.7. The van der Waals surface area contributed by atoms with Crippen molar-refractivity contribution in [3.63, 3.8) is 0 Å². The van der Waals surface area contributed by atoms with E-state index in [2.05, 4.69) is 26.5 Å². The number of phenols is 2. The number of phenolic OH excluding ortho intramolecular Hbond substituents is 2. The van der Waals surface area contributed by atoms with Crippen LogP contribution in [0.5, 0.6) is 11.5 Å². The number of aromatic hydroxyl groups is 2. The number of hydrogen-bond acceptors (Lipinski definition) is 8. The van der Waals surface area contributed by atoms with Crippen LogP contribution < -0.4 is 5.73 Å². The molecule has 0 aliphatic heterocycles. The molecule has 0 aliphatic carbocycles. The van der Waals surface area contributed by atoms with Crippen molar-refractivity contribution in [1.82, 2.24) is 0 Å². The molecule has 0 bridgehead atoms. The maximum Gasteiger partial charge on any atom is 0.337 e. The number of rotatable bonds is 5. The van der Waals surface area contributed by atoms with Crippen molar-refractivity contribution in [2.24, 2.45) is 20.5 Å². The van der Waals surface area contributed by atoms with Crippen LogP contribution in [0, 0.1) is 34.6 Å². The average Bonchev–Trinajstić information content (AvgIpc) is 3.07. The quantitative estimate of drug-likeness (QED) is 0.0793. The van der Waals surface area contributed by atoms with E-state index in [0.29, 0.717) is 27.8 Å². The van der Waals surface area contributed by atoms with E-state index in [-0.39, 0.29) is 39.8 Å². The average molecular weight is 719 g/mol. The molecule has 5 N–H and O–H groups in total. The van der Waals surface area contributed by atoms with Crippen molar-refractivity contribution >= 4 is 56.0 Å². The summed E-state index contributed by atoms with van der Waals surface area (Å²) < 4.78 is 0. The molecule has 6 aromatic rings. The van der Waals surface area contributed by atoms with E-state index in [1.165, 1.54) is 11.6 Å². The molecule has 261 valence electrons. The second-order valence-electron chi connectivity index (χ2n) is 11.5. The Hall–Kier alpha value is -5.57. The monoisotopic (exact) mass is 718 g/mol. The van der Waals surface area contributed by atoms with Gasteiger partial charge in [-0.05, 0) is 98.5 Å². The number of benzene rings is 6. The zero-order chi connectivity index (χ0) is 35.8. The summed E-state index contributed by atoms with van der Waals surface area (Å²) in [5.41, 5.74) is 13.6. The number of carbonyl (C=O) groups is 1. The van der Waals surface area contributed by atoms with Gasteiger partial charge in [-0.1, -0.05) is 79.6 Å². The van der Waals surface area contributed by atoms with Crippen LogP contribution in [0.15, 0.2) is 111 Å². The molecule has 0 atom stereocenters. The number of nitrogens with two attached hydrogens (primary N) is 1. The number of carboxylic acids is 1. The molecular weight excluding hydrogens is 678 g/mol. The Morgan fingerprint density at radius 1 is 0.620 bits per heavy atom. The third-order valence-electron chi connectivity index (χ3n) is 7.72. The van der Waals surface area contributed by atoms with E-state index in [4.69, 9.17) is 5.73 Å². The second kappa shape index (κ2) is 17.2. The molecule has 0 saturated heterocycles. The van der Waals surface area contributed by atoms with Gasteiger partial charge in [0.1, 0.15) is 22.8 Å². The normalized spacial score (nSPS) is 10.8. The van der Waals surface area contributed by atoms with Crippen LogP contribution in [0.25, 0.3) is 21.5 Å². The van der Waals surface area contributed by atoms with Crippen molar-refractivity contribution < 1.29 is 37.2 Å². The Bertz CT molecular complexity index is 2230. The van der Waals surface area contributed by atoms with E-state index in [1.807, 2.05) is 97.0 Å². The second-order valence-corrected chi connectivity index (χ2v) is 11.5. The molecule has 0 unspecified atom stereocenters. The number of carboxylic acid groups (broad SMARTS) is 1. The SMILES string of the molecule is CC.Cc1ccc(N=Nc2c(N)c(C)cc3cc(C)cc(O)c23)c(C)c1.Cc1ccc(N=Nc2ccc3ccccc3c2O)c(C(=O)O)c1.[Cu]. The van der Waals surface area contributed by atoms with E-state index in [1.54, 1.807) is 30.3 Å². The maximum absolute atomic E-state index is 11.3. The van der Waals surface area contributed by atoms with Crippen LogP contribution in [0.1, 0.15) is 52.0 Å². The fourth-order valence-corrected chi connectivity index (χ4v) is 5.26. The van der Waals surface area contributed by atoms with Gasteiger partial charge in [-0.15, -0.1) is 15.3 Å². The summed E-state index contributed by atoms with van der Waals surface area (Å²) in [5, 5.41) is 49.8. The third-order valence-corrected chi connectivity index (χ3v) is 7.72. The minimum Gasteiger partial charge on any atom is -0.507 e. The third kappa shape index (κ3) is 8.91. The topological polar surface area (TPSA) is 153 Å². The largest absolute Gasteiger partial charge is 0.507 e. The van der Waals surface area contributed by atoms with Crippen molar-refractivity contribution in [3.8, 4) is 11.5 Å². The van der Waals surface area contributed by atoms with Gasteiger partial charge in [0.05, 0.1) is 22.3 Å². The molecule has 0 heterocycles. The molecule has 0 aliphatic rings. The van der Waals surface area contributed by atoms with Gasteiger partial charge in [-0.25, -0.2) is 4.79 Å². The number of aryl methyl sites for hydroxylation is 5. The number of nitrogen functional groups attached to an aromatic ring is 1. The molecule has 0 fully saturated rings. The Morgan fingerprint density at radius 2 is 1.22 bits per heavy atom. The van der Waals surface area contributed by atoms with Crippen LogP contribution in [0.2, 0.25) is 0 Å². The fourth-order valence-electron chi connectivity index (χ4n) is 5.26. The zero-order valence-corrected chi connectivity index (χ0v) is 30.0. The van der Waals surface area contributed by atoms with Gasteiger partial charge in [0, 0.05) is 22.5 Å². The molecule has 9 nitrogen and oxygen atoms in total. The summed E-state index contributed by atoms with van der Waals surface area (Å²) in [6.07, 6.45) is 0. The Labute approximate surface area is 302 Å². The number of aromatic carboxylic acids is 1. The van der Waals surface area contributed by atoms with Crippen LogP contribution >= 0.6 is 0 Å². The predicted molar refractivity (Wildman–Crippen MR) is 199 cm³/mol.